The topological polar surface area (TPSA) is 29.9 Å². The average Bonchev–Trinajstić information content (AvgIpc) is 2.79. The van der Waals surface area contributed by atoms with Gasteiger partial charge in [-0.25, -0.2) is 4.98 Å². The van der Waals surface area contributed by atoms with Crippen LogP contribution in [0.1, 0.15) is 59.1 Å². The minimum atomic E-state index is 0.517. The van der Waals surface area contributed by atoms with Crippen molar-refractivity contribution in [2.45, 2.75) is 72.5 Å². The molecule has 0 aromatic carbocycles. The van der Waals surface area contributed by atoms with Crippen LogP contribution in [0.3, 0.4) is 0 Å². The Kier molecular flexibility index (Phi) is 7.02. The molecule has 1 rings (SSSR count). The molecule has 0 amide bonds. The number of nitrogens with zero attached hydrogens (tertiary/aromatic N) is 2. The molecule has 1 heterocycles. The first-order valence-electron chi connectivity index (χ1n) is 7.39. The fraction of sp³-hybridized carbons (Fsp3) is 0.800. The molecule has 1 unspecified atom stereocenters. The summed E-state index contributed by atoms with van der Waals surface area (Å²) in [7, 11) is 0. The van der Waals surface area contributed by atoms with Gasteiger partial charge in [-0.2, -0.15) is 0 Å². The highest BCUT2D eigenvalue weighted by Gasteiger charge is 2.07. The van der Waals surface area contributed by atoms with Crippen LogP contribution >= 0.6 is 0 Å². The van der Waals surface area contributed by atoms with Crippen molar-refractivity contribution in [3.05, 3.63) is 18.2 Å². The van der Waals surface area contributed by atoms with Crippen molar-refractivity contribution in [3.63, 3.8) is 0 Å². The van der Waals surface area contributed by atoms with Gasteiger partial charge in [-0.3, -0.25) is 0 Å². The molecule has 18 heavy (non-hydrogen) atoms. The van der Waals surface area contributed by atoms with Gasteiger partial charge in [0.1, 0.15) is 0 Å². The molecule has 1 N–H and O–H groups in total. The smallest absolute Gasteiger partial charge is 0.0950 e. The van der Waals surface area contributed by atoms with E-state index in [0.29, 0.717) is 6.04 Å². The Morgan fingerprint density at radius 1 is 1.33 bits per heavy atom. The van der Waals surface area contributed by atoms with Gasteiger partial charge in [-0.1, -0.05) is 47.0 Å². The predicted molar refractivity (Wildman–Crippen MR) is 77.5 cm³/mol. The first-order chi connectivity index (χ1) is 8.65. The second kappa shape index (κ2) is 8.30. The van der Waals surface area contributed by atoms with Gasteiger partial charge >= 0.3 is 0 Å². The normalized spacial score (nSPS) is 13.2. The standard InChI is InChI=1S/C15H29N3/c1-5-7-8-14(6-2)10-18-11-15(17-12-18)9-16-13(3)4/h11-14,16H,5-10H2,1-4H3. The van der Waals surface area contributed by atoms with Crippen LogP contribution in [0.4, 0.5) is 0 Å². The van der Waals surface area contributed by atoms with E-state index in [1.54, 1.807) is 0 Å². The summed E-state index contributed by atoms with van der Waals surface area (Å²) in [5.41, 5.74) is 1.15. The maximum absolute atomic E-state index is 4.46. The van der Waals surface area contributed by atoms with E-state index >= 15 is 0 Å². The highest BCUT2D eigenvalue weighted by Crippen LogP contribution is 2.15. The van der Waals surface area contributed by atoms with Gasteiger partial charge in [0.05, 0.1) is 12.0 Å². The SMILES string of the molecule is CCCCC(CC)Cn1cnc(CNC(C)C)c1. The van der Waals surface area contributed by atoms with E-state index in [-0.39, 0.29) is 0 Å². The summed E-state index contributed by atoms with van der Waals surface area (Å²) in [5.74, 6) is 0.796. The van der Waals surface area contributed by atoms with E-state index in [2.05, 4.69) is 48.8 Å². The van der Waals surface area contributed by atoms with Crippen molar-refractivity contribution in [3.8, 4) is 0 Å². The first kappa shape index (κ1) is 15.2. The molecule has 104 valence electrons. The number of nitrogens with one attached hydrogen (secondary N) is 1. The molecule has 0 saturated carbocycles. The van der Waals surface area contributed by atoms with E-state index in [9.17, 15) is 0 Å². The third-order valence-electron chi connectivity index (χ3n) is 3.39. The lowest BCUT2D eigenvalue weighted by Crippen LogP contribution is -2.21. The molecular weight excluding hydrogens is 222 g/mol. The number of rotatable bonds is 9. The molecule has 0 saturated heterocycles. The maximum Gasteiger partial charge on any atom is 0.0950 e. The molecule has 0 aliphatic carbocycles. The molecule has 1 aromatic rings. The lowest BCUT2D eigenvalue weighted by Gasteiger charge is -2.14. The predicted octanol–water partition coefficient (Wildman–Crippen LogP) is 3.60. The van der Waals surface area contributed by atoms with Crippen molar-refractivity contribution in [2.24, 2.45) is 5.92 Å². The molecule has 1 aromatic heterocycles. The molecule has 0 radical (unpaired) electrons. The third kappa shape index (κ3) is 5.67. The zero-order valence-corrected chi connectivity index (χ0v) is 12.4. The summed E-state index contributed by atoms with van der Waals surface area (Å²) in [6, 6.07) is 0.517. The van der Waals surface area contributed by atoms with Crippen LogP contribution in [0.5, 0.6) is 0 Å². The van der Waals surface area contributed by atoms with E-state index in [0.717, 1.165) is 24.7 Å². The summed E-state index contributed by atoms with van der Waals surface area (Å²) in [6.45, 7) is 10.9. The van der Waals surface area contributed by atoms with E-state index in [1.807, 2.05) is 6.33 Å². The molecule has 0 bridgehead atoms. The lowest BCUT2D eigenvalue weighted by atomic mass is 9.99. The Hall–Kier alpha value is -0.830. The number of aromatic nitrogens is 2. The molecular formula is C15H29N3. The van der Waals surface area contributed by atoms with Crippen molar-refractivity contribution in [1.82, 2.24) is 14.9 Å². The summed E-state index contributed by atoms with van der Waals surface area (Å²) >= 11 is 0. The minimum absolute atomic E-state index is 0.517. The second-order valence-electron chi connectivity index (χ2n) is 5.51. The quantitative estimate of drug-likeness (QED) is 0.727. The Morgan fingerprint density at radius 2 is 2.11 bits per heavy atom. The number of hydrogen-bond donors (Lipinski definition) is 1. The Morgan fingerprint density at radius 3 is 2.72 bits per heavy atom. The molecule has 1 atom stereocenters. The Balaban J connectivity index is 2.41. The maximum atomic E-state index is 4.46. The van der Waals surface area contributed by atoms with Gasteiger partial charge in [0, 0.05) is 25.3 Å². The summed E-state index contributed by atoms with van der Waals surface area (Å²) in [6.07, 6.45) is 9.40. The third-order valence-corrected chi connectivity index (χ3v) is 3.39. The lowest BCUT2D eigenvalue weighted by molar-refractivity contribution is 0.390. The van der Waals surface area contributed by atoms with Crippen LogP contribution in [-0.2, 0) is 13.1 Å². The molecule has 0 spiro atoms. The fourth-order valence-corrected chi connectivity index (χ4v) is 2.12. The molecule has 3 heteroatoms. The van der Waals surface area contributed by atoms with Gasteiger partial charge < -0.3 is 9.88 Å². The summed E-state index contributed by atoms with van der Waals surface area (Å²) < 4.78 is 2.25. The highest BCUT2D eigenvalue weighted by molar-refractivity contribution is 4.96. The van der Waals surface area contributed by atoms with Gasteiger partial charge in [0.25, 0.3) is 0 Å². The molecule has 0 aliphatic heterocycles. The first-order valence-corrected chi connectivity index (χ1v) is 7.39. The Bertz CT molecular complexity index is 317. The van der Waals surface area contributed by atoms with Crippen LogP contribution < -0.4 is 5.32 Å². The van der Waals surface area contributed by atoms with Crippen LogP contribution in [0.25, 0.3) is 0 Å². The van der Waals surface area contributed by atoms with E-state index in [1.165, 1.54) is 25.7 Å². The number of hydrogen-bond acceptors (Lipinski definition) is 2. The van der Waals surface area contributed by atoms with Crippen LogP contribution in [-0.4, -0.2) is 15.6 Å². The molecule has 3 nitrogen and oxygen atoms in total. The largest absolute Gasteiger partial charge is 0.337 e. The summed E-state index contributed by atoms with van der Waals surface area (Å²) in [5, 5.41) is 3.40. The second-order valence-corrected chi connectivity index (χ2v) is 5.51. The Labute approximate surface area is 112 Å². The molecule has 0 aliphatic rings. The molecule has 0 fully saturated rings. The van der Waals surface area contributed by atoms with Crippen LogP contribution in [0, 0.1) is 5.92 Å². The monoisotopic (exact) mass is 251 g/mol. The highest BCUT2D eigenvalue weighted by atomic mass is 15.0. The zero-order chi connectivity index (χ0) is 13.4. The van der Waals surface area contributed by atoms with Crippen LogP contribution in [0.15, 0.2) is 12.5 Å². The number of unbranched alkanes of at least 4 members (excludes halogenated alkanes) is 1. The van der Waals surface area contributed by atoms with Crippen molar-refractivity contribution >= 4 is 0 Å². The minimum Gasteiger partial charge on any atom is -0.337 e. The van der Waals surface area contributed by atoms with E-state index < -0.39 is 0 Å². The van der Waals surface area contributed by atoms with Gasteiger partial charge in [0.15, 0.2) is 0 Å². The average molecular weight is 251 g/mol. The van der Waals surface area contributed by atoms with Crippen molar-refractivity contribution in [2.75, 3.05) is 0 Å². The van der Waals surface area contributed by atoms with Gasteiger partial charge in [-0.15, -0.1) is 0 Å². The van der Waals surface area contributed by atoms with Crippen molar-refractivity contribution < 1.29 is 0 Å². The summed E-state index contributed by atoms with van der Waals surface area (Å²) in [4.78, 5) is 4.46. The van der Waals surface area contributed by atoms with Gasteiger partial charge in [0.2, 0.25) is 0 Å². The zero-order valence-electron chi connectivity index (χ0n) is 12.4. The van der Waals surface area contributed by atoms with E-state index in [4.69, 9.17) is 0 Å². The van der Waals surface area contributed by atoms with Crippen LogP contribution in [0.2, 0.25) is 0 Å². The fourth-order valence-electron chi connectivity index (χ4n) is 2.12. The number of imidazole rings is 1. The van der Waals surface area contributed by atoms with Crippen molar-refractivity contribution in [1.29, 1.82) is 0 Å². The van der Waals surface area contributed by atoms with Gasteiger partial charge in [-0.05, 0) is 12.3 Å².